The smallest absolute Gasteiger partial charge is 0.163 e. The Hall–Kier alpha value is -1.53. The molecule has 0 aliphatic heterocycles. The fourth-order valence-corrected chi connectivity index (χ4v) is 3.60. The van der Waals surface area contributed by atoms with Crippen molar-refractivity contribution in [2.24, 2.45) is 0 Å². The monoisotopic (exact) mass is 365 g/mol. The third kappa shape index (κ3) is 2.42. The molecule has 21 heavy (non-hydrogen) atoms. The van der Waals surface area contributed by atoms with Crippen LogP contribution in [0.1, 0.15) is 10.4 Å². The Morgan fingerprint density at radius 2 is 2.00 bits per heavy atom. The zero-order valence-electron chi connectivity index (χ0n) is 11.8. The molecule has 2 aromatic heterocycles. The highest BCUT2D eigenvalue weighted by Crippen LogP contribution is 2.35. The van der Waals surface area contributed by atoms with E-state index in [1.807, 2.05) is 7.05 Å². The lowest BCUT2D eigenvalue weighted by molar-refractivity contribution is 0.621. The van der Waals surface area contributed by atoms with Crippen LogP contribution >= 0.6 is 27.3 Å². The van der Waals surface area contributed by atoms with Crippen LogP contribution in [-0.2, 0) is 0 Å². The minimum absolute atomic E-state index is 0.295. The van der Waals surface area contributed by atoms with Gasteiger partial charge in [-0.15, -0.1) is 11.3 Å². The summed E-state index contributed by atoms with van der Waals surface area (Å²) in [6.07, 6.45) is 0. The van der Waals surface area contributed by atoms with Crippen molar-refractivity contribution < 1.29 is 4.39 Å². The zero-order chi connectivity index (χ0) is 15.1. The SMILES string of the molecule is CNc1nc(-c2ccc(F)c(Br)c2)nc2sc(C)c(C)c12. The van der Waals surface area contributed by atoms with E-state index in [2.05, 4.69) is 45.1 Å². The first-order valence-electron chi connectivity index (χ1n) is 6.42. The Balaban J connectivity index is 2.26. The number of anilines is 1. The second kappa shape index (κ2) is 5.35. The van der Waals surface area contributed by atoms with E-state index >= 15 is 0 Å². The van der Waals surface area contributed by atoms with E-state index in [9.17, 15) is 4.39 Å². The molecule has 1 aromatic carbocycles. The molecule has 0 radical (unpaired) electrons. The summed E-state index contributed by atoms with van der Waals surface area (Å²) >= 11 is 4.85. The van der Waals surface area contributed by atoms with Crippen molar-refractivity contribution in [1.82, 2.24) is 9.97 Å². The Morgan fingerprint density at radius 3 is 2.67 bits per heavy atom. The van der Waals surface area contributed by atoms with Gasteiger partial charge in [-0.1, -0.05) is 0 Å². The lowest BCUT2D eigenvalue weighted by Crippen LogP contribution is -1.98. The molecule has 0 spiro atoms. The highest BCUT2D eigenvalue weighted by Gasteiger charge is 2.15. The van der Waals surface area contributed by atoms with Gasteiger partial charge in [0.25, 0.3) is 0 Å². The van der Waals surface area contributed by atoms with Crippen molar-refractivity contribution in [1.29, 1.82) is 0 Å². The number of benzene rings is 1. The predicted octanol–water partition coefficient (Wildman–Crippen LogP) is 4.92. The second-order valence-electron chi connectivity index (χ2n) is 4.74. The topological polar surface area (TPSA) is 37.8 Å². The molecule has 0 saturated heterocycles. The number of rotatable bonds is 2. The van der Waals surface area contributed by atoms with Crippen molar-refractivity contribution in [2.45, 2.75) is 13.8 Å². The van der Waals surface area contributed by atoms with Crippen molar-refractivity contribution >= 4 is 43.3 Å². The second-order valence-corrected chi connectivity index (χ2v) is 6.80. The van der Waals surface area contributed by atoms with Gasteiger partial charge in [-0.25, -0.2) is 14.4 Å². The van der Waals surface area contributed by atoms with Gasteiger partial charge in [0.05, 0.1) is 9.86 Å². The van der Waals surface area contributed by atoms with E-state index in [1.165, 1.54) is 16.5 Å². The van der Waals surface area contributed by atoms with Gasteiger partial charge in [0, 0.05) is 17.5 Å². The number of nitrogens with one attached hydrogen (secondary N) is 1. The van der Waals surface area contributed by atoms with Crippen molar-refractivity contribution in [3.8, 4) is 11.4 Å². The molecule has 1 N–H and O–H groups in total. The van der Waals surface area contributed by atoms with Gasteiger partial charge in [0.1, 0.15) is 16.5 Å². The summed E-state index contributed by atoms with van der Waals surface area (Å²) in [6, 6.07) is 4.80. The summed E-state index contributed by atoms with van der Waals surface area (Å²) in [7, 11) is 1.85. The lowest BCUT2D eigenvalue weighted by atomic mass is 10.2. The molecule has 0 amide bonds. The highest BCUT2D eigenvalue weighted by molar-refractivity contribution is 9.10. The first-order chi connectivity index (χ1) is 10.0. The van der Waals surface area contributed by atoms with E-state index < -0.39 is 0 Å². The molecule has 3 rings (SSSR count). The van der Waals surface area contributed by atoms with E-state index in [0.29, 0.717) is 10.3 Å². The molecule has 0 aliphatic carbocycles. The molecule has 108 valence electrons. The van der Waals surface area contributed by atoms with Crippen LogP contribution in [0.4, 0.5) is 10.2 Å². The molecule has 0 atom stereocenters. The average molecular weight is 366 g/mol. The Bertz CT molecular complexity index is 845. The molecule has 0 fully saturated rings. The molecule has 3 nitrogen and oxygen atoms in total. The minimum Gasteiger partial charge on any atom is -0.372 e. The van der Waals surface area contributed by atoms with Gasteiger partial charge in [-0.2, -0.15) is 0 Å². The van der Waals surface area contributed by atoms with E-state index in [4.69, 9.17) is 0 Å². The number of hydrogen-bond acceptors (Lipinski definition) is 4. The van der Waals surface area contributed by atoms with Crippen molar-refractivity contribution in [2.75, 3.05) is 12.4 Å². The number of thiophene rings is 1. The van der Waals surface area contributed by atoms with Crippen LogP contribution < -0.4 is 5.32 Å². The van der Waals surface area contributed by atoms with Crippen molar-refractivity contribution in [3.05, 3.63) is 38.9 Å². The number of halogens is 2. The Morgan fingerprint density at radius 1 is 1.24 bits per heavy atom. The Labute approximate surface area is 134 Å². The fraction of sp³-hybridized carbons (Fsp3) is 0.200. The van der Waals surface area contributed by atoms with Gasteiger partial charge >= 0.3 is 0 Å². The summed E-state index contributed by atoms with van der Waals surface area (Å²) in [5.41, 5.74) is 1.98. The molecule has 6 heteroatoms. The van der Waals surface area contributed by atoms with E-state index in [1.54, 1.807) is 23.5 Å². The van der Waals surface area contributed by atoms with Crippen LogP contribution in [0, 0.1) is 19.7 Å². The van der Waals surface area contributed by atoms with Gasteiger partial charge < -0.3 is 5.32 Å². The van der Waals surface area contributed by atoms with Crippen LogP contribution in [-0.4, -0.2) is 17.0 Å². The summed E-state index contributed by atoms with van der Waals surface area (Å²) in [4.78, 5) is 11.4. The zero-order valence-corrected chi connectivity index (χ0v) is 14.2. The molecular formula is C15H13BrFN3S. The number of nitrogens with zero attached hydrogens (tertiary/aromatic N) is 2. The number of aromatic nitrogens is 2. The van der Waals surface area contributed by atoms with Crippen LogP contribution in [0.2, 0.25) is 0 Å². The molecule has 0 aliphatic rings. The minimum atomic E-state index is -0.295. The van der Waals surface area contributed by atoms with Gasteiger partial charge in [-0.3, -0.25) is 0 Å². The molecule has 0 saturated carbocycles. The maximum absolute atomic E-state index is 13.4. The van der Waals surface area contributed by atoms with Gasteiger partial charge in [0.15, 0.2) is 5.82 Å². The Kier molecular flexibility index (Phi) is 3.67. The van der Waals surface area contributed by atoms with Gasteiger partial charge in [0.2, 0.25) is 0 Å². The van der Waals surface area contributed by atoms with E-state index in [-0.39, 0.29) is 5.82 Å². The first-order valence-corrected chi connectivity index (χ1v) is 8.03. The van der Waals surface area contributed by atoms with Gasteiger partial charge in [-0.05, 0) is 53.5 Å². The quantitative estimate of drug-likeness (QED) is 0.700. The van der Waals surface area contributed by atoms with Crippen molar-refractivity contribution in [3.63, 3.8) is 0 Å². The lowest BCUT2D eigenvalue weighted by Gasteiger charge is -2.07. The molecule has 3 aromatic rings. The average Bonchev–Trinajstić information content (AvgIpc) is 2.76. The van der Waals surface area contributed by atoms with Crippen LogP contribution in [0.5, 0.6) is 0 Å². The summed E-state index contributed by atoms with van der Waals surface area (Å²) in [5.74, 6) is 1.10. The first kappa shape index (κ1) is 14.4. The van der Waals surface area contributed by atoms with Crippen LogP contribution in [0.15, 0.2) is 22.7 Å². The summed E-state index contributed by atoms with van der Waals surface area (Å²) in [5, 5.41) is 4.19. The summed E-state index contributed by atoms with van der Waals surface area (Å²) in [6.45, 7) is 4.15. The maximum atomic E-state index is 13.4. The summed E-state index contributed by atoms with van der Waals surface area (Å²) < 4.78 is 13.8. The third-order valence-electron chi connectivity index (χ3n) is 3.44. The third-order valence-corrected chi connectivity index (χ3v) is 5.15. The normalized spacial score (nSPS) is 11.1. The van der Waals surface area contributed by atoms with Crippen LogP contribution in [0.25, 0.3) is 21.6 Å². The highest BCUT2D eigenvalue weighted by atomic mass is 79.9. The van der Waals surface area contributed by atoms with E-state index in [0.717, 1.165) is 21.6 Å². The fourth-order valence-electron chi connectivity index (χ4n) is 2.19. The number of fused-ring (bicyclic) bond motifs is 1. The molecule has 0 unspecified atom stereocenters. The van der Waals surface area contributed by atoms with Crippen LogP contribution in [0.3, 0.4) is 0 Å². The molecule has 0 bridgehead atoms. The molecular weight excluding hydrogens is 353 g/mol. The molecule has 2 heterocycles. The largest absolute Gasteiger partial charge is 0.372 e. The maximum Gasteiger partial charge on any atom is 0.163 e. The number of hydrogen-bond donors (Lipinski definition) is 1. The standard InChI is InChI=1S/C15H13BrFN3S/c1-7-8(2)21-15-12(7)14(18-3)19-13(20-15)9-4-5-11(17)10(16)6-9/h4-6H,1-3H3,(H,18,19,20). The number of aryl methyl sites for hydroxylation is 2. The predicted molar refractivity (Wildman–Crippen MR) is 89.5 cm³/mol.